The van der Waals surface area contributed by atoms with Gasteiger partial charge < -0.3 is 19.7 Å². The second-order valence-corrected chi connectivity index (χ2v) is 5.19. The maximum Gasteiger partial charge on any atom is 0.321 e. The van der Waals surface area contributed by atoms with Crippen LogP contribution in [0.5, 0.6) is 11.5 Å². The number of benzene rings is 1. The van der Waals surface area contributed by atoms with Crippen molar-refractivity contribution in [1.82, 2.24) is 4.90 Å². The normalized spacial score (nSPS) is 18.3. The largest absolute Gasteiger partial charge is 0.486 e. The molecule has 0 aromatic heterocycles. The number of amides is 2. The van der Waals surface area contributed by atoms with E-state index in [0.717, 1.165) is 37.4 Å². The van der Waals surface area contributed by atoms with Gasteiger partial charge >= 0.3 is 6.03 Å². The fourth-order valence-electron chi connectivity index (χ4n) is 2.60. The molecule has 20 heavy (non-hydrogen) atoms. The SMILES string of the molecule is O=C(Nc1ccc2c(c1)OCCO2)N1CCCCCC1. The Morgan fingerprint density at radius 1 is 1.00 bits per heavy atom. The first kappa shape index (κ1) is 13.1. The second-order valence-electron chi connectivity index (χ2n) is 5.19. The molecule has 0 unspecified atom stereocenters. The maximum atomic E-state index is 12.2. The van der Waals surface area contributed by atoms with Crippen LogP contribution in [0.4, 0.5) is 10.5 Å². The van der Waals surface area contributed by atoms with Crippen molar-refractivity contribution < 1.29 is 14.3 Å². The highest BCUT2D eigenvalue weighted by atomic mass is 16.6. The lowest BCUT2D eigenvalue weighted by Crippen LogP contribution is -2.35. The van der Waals surface area contributed by atoms with E-state index >= 15 is 0 Å². The second kappa shape index (κ2) is 6.03. The third-order valence-corrected chi connectivity index (χ3v) is 3.69. The molecule has 2 heterocycles. The molecule has 1 aromatic rings. The summed E-state index contributed by atoms with van der Waals surface area (Å²) < 4.78 is 11.0. The molecule has 0 aliphatic carbocycles. The highest BCUT2D eigenvalue weighted by molar-refractivity contribution is 5.89. The number of carbonyl (C=O) groups is 1. The van der Waals surface area contributed by atoms with Gasteiger partial charge in [0.25, 0.3) is 0 Å². The number of carbonyl (C=O) groups excluding carboxylic acids is 1. The van der Waals surface area contributed by atoms with Gasteiger partial charge in [0, 0.05) is 24.8 Å². The van der Waals surface area contributed by atoms with E-state index in [1.54, 1.807) is 0 Å². The van der Waals surface area contributed by atoms with Crippen molar-refractivity contribution in [2.24, 2.45) is 0 Å². The van der Waals surface area contributed by atoms with Gasteiger partial charge in [-0.3, -0.25) is 0 Å². The van der Waals surface area contributed by atoms with Crippen LogP contribution >= 0.6 is 0 Å². The monoisotopic (exact) mass is 276 g/mol. The highest BCUT2D eigenvalue weighted by Gasteiger charge is 2.17. The summed E-state index contributed by atoms with van der Waals surface area (Å²) in [6.45, 7) is 2.82. The van der Waals surface area contributed by atoms with Crippen molar-refractivity contribution in [3.8, 4) is 11.5 Å². The van der Waals surface area contributed by atoms with Crippen molar-refractivity contribution in [2.75, 3.05) is 31.6 Å². The van der Waals surface area contributed by atoms with Gasteiger partial charge in [-0.25, -0.2) is 4.79 Å². The fraction of sp³-hybridized carbons (Fsp3) is 0.533. The van der Waals surface area contributed by atoms with E-state index in [2.05, 4.69) is 5.32 Å². The van der Waals surface area contributed by atoms with E-state index in [4.69, 9.17) is 9.47 Å². The number of nitrogens with one attached hydrogen (secondary N) is 1. The van der Waals surface area contributed by atoms with Gasteiger partial charge in [-0.1, -0.05) is 12.8 Å². The van der Waals surface area contributed by atoms with Gasteiger partial charge in [0.05, 0.1) is 0 Å². The lowest BCUT2D eigenvalue weighted by Gasteiger charge is -2.22. The Bertz CT molecular complexity index is 482. The molecule has 5 heteroatoms. The Hall–Kier alpha value is -1.91. The fourth-order valence-corrected chi connectivity index (χ4v) is 2.60. The minimum atomic E-state index is -0.0245. The topological polar surface area (TPSA) is 50.8 Å². The number of ether oxygens (including phenoxy) is 2. The van der Waals surface area contributed by atoms with Crippen molar-refractivity contribution in [3.05, 3.63) is 18.2 Å². The summed E-state index contributed by atoms with van der Waals surface area (Å²) in [6, 6.07) is 5.49. The minimum absolute atomic E-state index is 0.0245. The number of rotatable bonds is 1. The van der Waals surface area contributed by atoms with Crippen LogP contribution in [0, 0.1) is 0 Å². The molecule has 3 rings (SSSR count). The molecule has 0 atom stereocenters. The molecule has 2 aliphatic heterocycles. The van der Waals surface area contributed by atoms with Crippen LogP contribution in [0.25, 0.3) is 0 Å². The average molecular weight is 276 g/mol. The van der Waals surface area contributed by atoms with Gasteiger partial charge in [0.15, 0.2) is 11.5 Å². The Morgan fingerprint density at radius 2 is 1.70 bits per heavy atom. The third-order valence-electron chi connectivity index (χ3n) is 3.69. The van der Waals surface area contributed by atoms with Crippen LogP contribution in [0.1, 0.15) is 25.7 Å². The zero-order valence-electron chi connectivity index (χ0n) is 11.6. The summed E-state index contributed by atoms with van der Waals surface area (Å²) >= 11 is 0. The summed E-state index contributed by atoms with van der Waals surface area (Å²) in [5.74, 6) is 1.44. The molecule has 1 fully saturated rings. The van der Waals surface area contributed by atoms with Gasteiger partial charge in [-0.2, -0.15) is 0 Å². The van der Waals surface area contributed by atoms with Gasteiger partial charge in [-0.05, 0) is 25.0 Å². The van der Waals surface area contributed by atoms with E-state index in [1.165, 1.54) is 12.8 Å². The molecule has 0 bridgehead atoms. The van der Waals surface area contributed by atoms with E-state index in [-0.39, 0.29) is 6.03 Å². The number of fused-ring (bicyclic) bond motifs is 1. The van der Waals surface area contributed by atoms with Crippen LogP contribution in [0.3, 0.4) is 0 Å². The van der Waals surface area contributed by atoms with Gasteiger partial charge in [0.1, 0.15) is 13.2 Å². The summed E-state index contributed by atoms with van der Waals surface area (Å²) in [7, 11) is 0. The quantitative estimate of drug-likeness (QED) is 0.858. The molecule has 0 saturated carbocycles. The number of hydrogen-bond donors (Lipinski definition) is 1. The van der Waals surface area contributed by atoms with Gasteiger partial charge in [-0.15, -0.1) is 0 Å². The van der Waals surface area contributed by atoms with Crippen LogP contribution in [0.15, 0.2) is 18.2 Å². The van der Waals surface area contributed by atoms with Crippen molar-refractivity contribution in [2.45, 2.75) is 25.7 Å². The summed E-state index contributed by atoms with van der Waals surface area (Å²) in [6.07, 6.45) is 4.62. The van der Waals surface area contributed by atoms with Crippen LogP contribution < -0.4 is 14.8 Å². The molecular formula is C15H20N2O3. The Labute approximate surface area is 118 Å². The lowest BCUT2D eigenvalue weighted by molar-refractivity contribution is 0.171. The summed E-state index contributed by atoms with van der Waals surface area (Å²) in [5.41, 5.74) is 0.753. The van der Waals surface area contributed by atoms with E-state index in [0.29, 0.717) is 19.0 Å². The Balaban J connectivity index is 1.66. The summed E-state index contributed by atoms with van der Waals surface area (Å²) in [5, 5.41) is 2.94. The third kappa shape index (κ3) is 2.98. The zero-order valence-corrected chi connectivity index (χ0v) is 11.6. The zero-order chi connectivity index (χ0) is 13.8. The number of urea groups is 1. The van der Waals surface area contributed by atoms with Crippen LogP contribution in [-0.2, 0) is 0 Å². The predicted molar refractivity (Wildman–Crippen MR) is 76.5 cm³/mol. The highest BCUT2D eigenvalue weighted by Crippen LogP contribution is 2.32. The molecular weight excluding hydrogens is 256 g/mol. The number of hydrogen-bond acceptors (Lipinski definition) is 3. The summed E-state index contributed by atoms with van der Waals surface area (Å²) in [4.78, 5) is 14.1. The Kier molecular flexibility index (Phi) is 3.95. The standard InChI is InChI=1S/C15H20N2O3/c18-15(17-7-3-1-2-4-8-17)16-12-5-6-13-14(11-12)20-10-9-19-13/h5-6,11H,1-4,7-10H2,(H,16,18). The van der Waals surface area contributed by atoms with Crippen LogP contribution in [0.2, 0.25) is 0 Å². The molecule has 2 amide bonds. The first-order valence-corrected chi connectivity index (χ1v) is 7.28. The Morgan fingerprint density at radius 3 is 2.45 bits per heavy atom. The molecule has 2 aliphatic rings. The minimum Gasteiger partial charge on any atom is -0.486 e. The van der Waals surface area contributed by atoms with Crippen molar-refractivity contribution >= 4 is 11.7 Å². The number of nitrogens with zero attached hydrogens (tertiary/aromatic N) is 1. The first-order chi connectivity index (χ1) is 9.83. The smallest absolute Gasteiger partial charge is 0.321 e. The average Bonchev–Trinajstić information content (AvgIpc) is 2.76. The lowest BCUT2D eigenvalue weighted by atomic mass is 10.2. The number of likely N-dealkylation sites (tertiary alicyclic amines) is 1. The van der Waals surface area contributed by atoms with Crippen molar-refractivity contribution in [3.63, 3.8) is 0 Å². The first-order valence-electron chi connectivity index (χ1n) is 7.28. The molecule has 1 saturated heterocycles. The maximum absolute atomic E-state index is 12.2. The van der Waals surface area contributed by atoms with Crippen molar-refractivity contribution in [1.29, 1.82) is 0 Å². The molecule has 1 N–H and O–H groups in total. The van der Waals surface area contributed by atoms with E-state index in [9.17, 15) is 4.79 Å². The molecule has 0 spiro atoms. The molecule has 0 radical (unpaired) electrons. The van der Waals surface area contributed by atoms with E-state index < -0.39 is 0 Å². The molecule has 5 nitrogen and oxygen atoms in total. The van der Waals surface area contributed by atoms with E-state index in [1.807, 2.05) is 23.1 Å². The van der Waals surface area contributed by atoms with Gasteiger partial charge in [0.2, 0.25) is 0 Å². The van der Waals surface area contributed by atoms with Crippen LogP contribution in [-0.4, -0.2) is 37.2 Å². The molecule has 108 valence electrons. The number of anilines is 1. The molecule has 1 aromatic carbocycles. The predicted octanol–water partition coefficient (Wildman–Crippen LogP) is 2.87.